The third kappa shape index (κ3) is 5.88. The predicted molar refractivity (Wildman–Crippen MR) is 134 cm³/mol. The fourth-order valence-corrected chi connectivity index (χ4v) is 5.04. The molecule has 0 spiro atoms. The largest absolute Gasteiger partial charge is 0.465 e. The van der Waals surface area contributed by atoms with Crippen LogP contribution >= 0.6 is 11.3 Å². The SMILES string of the molecule is CCOC(=O)CNC(=O)N1CCC(c2nc(C(=O)Nc3cccnc3-n3nc(C)cc3C)cs2)CC1. The summed E-state index contributed by atoms with van der Waals surface area (Å²) in [5.74, 6) is -0.0681. The standard InChI is InChI=1S/C24H29N7O4S/c1-4-35-20(32)13-26-24(34)30-10-7-17(8-11-30)23-28-19(14-36-23)22(33)27-18-6-5-9-25-21(18)31-16(3)12-15(2)29-31/h5-6,9,12,14,17H,4,7-8,10-11,13H2,1-3H3,(H,26,34)(H,27,33). The summed E-state index contributed by atoms with van der Waals surface area (Å²) >= 11 is 1.45. The Labute approximate surface area is 212 Å². The van der Waals surface area contributed by atoms with Gasteiger partial charge >= 0.3 is 12.0 Å². The van der Waals surface area contributed by atoms with Crippen molar-refractivity contribution >= 4 is 34.9 Å². The number of hydrogen-bond donors (Lipinski definition) is 2. The first-order chi connectivity index (χ1) is 17.4. The molecule has 0 aliphatic carbocycles. The molecule has 0 atom stereocenters. The van der Waals surface area contributed by atoms with E-state index in [1.807, 2.05) is 19.9 Å². The Hall–Kier alpha value is -3.80. The highest BCUT2D eigenvalue weighted by Gasteiger charge is 2.27. The molecule has 0 aromatic carbocycles. The molecule has 36 heavy (non-hydrogen) atoms. The van der Waals surface area contributed by atoms with Gasteiger partial charge in [0.25, 0.3) is 5.91 Å². The van der Waals surface area contributed by atoms with E-state index in [0.29, 0.717) is 30.3 Å². The molecule has 190 valence electrons. The van der Waals surface area contributed by atoms with Gasteiger partial charge in [0, 0.05) is 36.3 Å². The van der Waals surface area contributed by atoms with Gasteiger partial charge in [0.05, 0.1) is 23.0 Å². The summed E-state index contributed by atoms with van der Waals surface area (Å²) in [6, 6.07) is 5.21. The van der Waals surface area contributed by atoms with Gasteiger partial charge in [-0.05, 0) is 51.8 Å². The quantitative estimate of drug-likeness (QED) is 0.466. The molecular formula is C24H29N7O4S. The second-order valence-corrected chi connectivity index (χ2v) is 9.35. The lowest BCUT2D eigenvalue weighted by molar-refractivity contribution is -0.141. The molecule has 3 aromatic rings. The van der Waals surface area contributed by atoms with Gasteiger partial charge in [-0.2, -0.15) is 5.10 Å². The number of thiazole rings is 1. The summed E-state index contributed by atoms with van der Waals surface area (Å²) in [7, 11) is 0. The Balaban J connectivity index is 1.35. The Kier molecular flexibility index (Phi) is 7.93. The van der Waals surface area contributed by atoms with Crippen LogP contribution in [0.25, 0.3) is 5.82 Å². The summed E-state index contributed by atoms with van der Waals surface area (Å²) in [6.07, 6.45) is 3.12. The van der Waals surface area contributed by atoms with E-state index in [-0.39, 0.29) is 31.0 Å². The highest BCUT2D eigenvalue weighted by molar-refractivity contribution is 7.10. The van der Waals surface area contributed by atoms with Crippen LogP contribution in [0, 0.1) is 13.8 Å². The van der Waals surface area contributed by atoms with Gasteiger partial charge < -0.3 is 20.3 Å². The molecule has 4 heterocycles. The van der Waals surface area contributed by atoms with E-state index in [9.17, 15) is 14.4 Å². The molecule has 1 aliphatic heterocycles. The number of aromatic nitrogens is 4. The molecule has 3 aromatic heterocycles. The van der Waals surface area contributed by atoms with Crippen molar-refractivity contribution in [3.63, 3.8) is 0 Å². The summed E-state index contributed by atoms with van der Waals surface area (Å²) in [6.45, 7) is 6.78. The maximum absolute atomic E-state index is 13.0. The van der Waals surface area contributed by atoms with E-state index in [2.05, 4.69) is 25.7 Å². The number of piperidine rings is 1. The molecule has 0 saturated carbocycles. The number of rotatable bonds is 7. The average Bonchev–Trinajstić information content (AvgIpc) is 3.49. The third-order valence-corrected chi connectivity index (χ3v) is 6.83. The van der Waals surface area contributed by atoms with Crippen molar-refractivity contribution in [3.05, 3.63) is 51.9 Å². The summed E-state index contributed by atoms with van der Waals surface area (Å²) < 4.78 is 6.53. The van der Waals surface area contributed by atoms with E-state index < -0.39 is 5.97 Å². The summed E-state index contributed by atoms with van der Waals surface area (Å²) in [4.78, 5) is 47.4. The first kappa shape index (κ1) is 25.3. The van der Waals surface area contributed by atoms with Crippen molar-refractivity contribution < 1.29 is 19.1 Å². The van der Waals surface area contributed by atoms with Crippen molar-refractivity contribution in [1.29, 1.82) is 0 Å². The van der Waals surface area contributed by atoms with E-state index in [0.717, 1.165) is 29.2 Å². The highest BCUT2D eigenvalue weighted by Crippen LogP contribution is 2.30. The van der Waals surface area contributed by atoms with Crippen LogP contribution in [-0.4, -0.2) is 68.8 Å². The number of esters is 1. The lowest BCUT2D eigenvalue weighted by Crippen LogP contribution is -2.45. The number of carbonyl (C=O) groups excluding carboxylic acids is 3. The lowest BCUT2D eigenvalue weighted by Gasteiger charge is -2.31. The fraction of sp³-hybridized carbons (Fsp3) is 0.417. The number of urea groups is 1. The van der Waals surface area contributed by atoms with Crippen LogP contribution in [0.5, 0.6) is 0 Å². The normalized spacial score (nSPS) is 13.9. The molecule has 1 saturated heterocycles. The van der Waals surface area contributed by atoms with Crippen LogP contribution in [0.15, 0.2) is 29.8 Å². The van der Waals surface area contributed by atoms with Gasteiger partial charge in [0.15, 0.2) is 5.82 Å². The van der Waals surface area contributed by atoms with E-state index >= 15 is 0 Å². The number of likely N-dealkylation sites (tertiary alicyclic amines) is 1. The van der Waals surface area contributed by atoms with Gasteiger partial charge in [0.1, 0.15) is 12.2 Å². The molecular weight excluding hydrogens is 482 g/mol. The Morgan fingerprint density at radius 2 is 2.00 bits per heavy atom. The minimum absolute atomic E-state index is 0.143. The van der Waals surface area contributed by atoms with Gasteiger partial charge in [-0.1, -0.05) is 0 Å². The van der Waals surface area contributed by atoms with Gasteiger partial charge in [0.2, 0.25) is 0 Å². The number of anilines is 1. The minimum atomic E-state index is -0.456. The highest BCUT2D eigenvalue weighted by atomic mass is 32.1. The van der Waals surface area contributed by atoms with E-state index in [1.165, 1.54) is 11.3 Å². The zero-order chi connectivity index (χ0) is 25.7. The number of aryl methyl sites for hydroxylation is 2. The maximum Gasteiger partial charge on any atom is 0.325 e. The van der Waals surface area contributed by atoms with Crippen LogP contribution in [0.4, 0.5) is 10.5 Å². The molecule has 2 N–H and O–H groups in total. The first-order valence-electron chi connectivity index (χ1n) is 11.8. The molecule has 0 radical (unpaired) electrons. The minimum Gasteiger partial charge on any atom is -0.465 e. The zero-order valence-corrected chi connectivity index (χ0v) is 21.3. The van der Waals surface area contributed by atoms with Gasteiger partial charge in [-0.25, -0.2) is 19.4 Å². The number of nitrogens with zero attached hydrogens (tertiary/aromatic N) is 5. The van der Waals surface area contributed by atoms with Gasteiger partial charge in [-0.15, -0.1) is 11.3 Å². The van der Waals surface area contributed by atoms with Crippen LogP contribution in [0.1, 0.15) is 52.6 Å². The van der Waals surface area contributed by atoms with Crippen molar-refractivity contribution in [2.75, 3.05) is 31.6 Å². The Morgan fingerprint density at radius 1 is 1.22 bits per heavy atom. The molecule has 3 amide bonds. The fourth-order valence-electron chi connectivity index (χ4n) is 4.07. The molecule has 0 bridgehead atoms. The average molecular weight is 512 g/mol. The summed E-state index contributed by atoms with van der Waals surface area (Å²) in [5.41, 5.74) is 2.67. The molecule has 1 aliphatic rings. The molecule has 1 fully saturated rings. The van der Waals surface area contributed by atoms with Crippen molar-refractivity contribution in [2.45, 2.75) is 39.5 Å². The summed E-state index contributed by atoms with van der Waals surface area (Å²) in [5, 5.41) is 12.6. The Bertz CT molecular complexity index is 1250. The topological polar surface area (TPSA) is 131 Å². The van der Waals surface area contributed by atoms with Crippen molar-refractivity contribution in [3.8, 4) is 5.82 Å². The third-order valence-electron chi connectivity index (χ3n) is 5.82. The van der Waals surface area contributed by atoms with E-state index in [1.54, 1.807) is 40.2 Å². The smallest absolute Gasteiger partial charge is 0.325 e. The van der Waals surface area contributed by atoms with Crippen LogP contribution in [0.3, 0.4) is 0 Å². The van der Waals surface area contributed by atoms with Crippen molar-refractivity contribution in [1.82, 2.24) is 30.0 Å². The van der Waals surface area contributed by atoms with Crippen LogP contribution in [0.2, 0.25) is 0 Å². The number of pyridine rings is 1. The lowest BCUT2D eigenvalue weighted by atomic mass is 9.98. The number of ether oxygens (including phenoxy) is 1. The Morgan fingerprint density at radius 3 is 2.69 bits per heavy atom. The second kappa shape index (κ2) is 11.3. The zero-order valence-electron chi connectivity index (χ0n) is 20.5. The number of nitrogens with one attached hydrogen (secondary N) is 2. The number of amides is 3. The second-order valence-electron chi connectivity index (χ2n) is 8.46. The molecule has 11 nitrogen and oxygen atoms in total. The van der Waals surface area contributed by atoms with Crippen molar-refractivity contribution in [2.24, 2.45) is 0 Å². The van der Waals surface area contributed by atoms with E-state index in [4.69, 9.17) is 4.74 Å². The molecule has 4 rings (SSSR count). The first-order valence-corrected chi connectivity index (χ1v) is 12.7. The number of carbonyl (C=O) groups is 3. The van der Waals surface area contributed by atoms with Crippen LogP contribution < -0.4 is 10.6 Å². The monoisotopic (exact) mass is 511 g/mol. The molecule has 0 unspecified atom stereocenters. The molecule has 12 heteroatoms. The predicted octanol–water partition coefficient (Wildman–Crippen LogP) is 3.05. The van der Waals surface area contributed by atoms with Gasteiger partial charge in [-0.3, -0.25) is 9.59 Å². The maximum atomic E-state index is 13.0. The van der Waals surface area contributed by atoms with Crippen LogP contribution in [-0.2, 0) is 9.53 Å². The number of hydrogen-bond acceptors (Lipinski definition) is 8.